The Hall–Kier alpha value is -5.10. The van der Waals surface area contributed by atoms with Crippen molar-refractivity contribution in [1.29, 1.82) is 0 Å². The molecule has 206 valence electrons. The van der Waals surface area contributed by atoms with E-state index < -0.39 is 0 Å². The van der Waals surface area contributed by atoms with Gasteiger partial charge in [-0.2, -0.15) is 0 Å². The van der Waals surface area contributed by atoms with Crippen LogP contribution in [0.4, 0.5) is 0 Å². The molecule has 0 fully saturated rings. The van der Waals surface area contributed by atoms with E-state index in [1.54, 1.807) is 0 Å². The minimum absolute atomic E-state index is 0.145. The van der Waals surface area contributed by atoms with Gasteiger partial charge in [0, 0.05) is 35.2 Å². The predicted molar refractivity (Wildman–Crippen MR) is 164 cm³/mol. The topological polar surface area (TPSA) is 77.3 Å². The highest BCUT2D eigenvalue weighted by atomic mass is 14.8. The summed E-state index contributed by atoms with van der Waals surface area (Å²) in [6.45, 7) is 4.02. The van der Waals surface area contributed by atoms with Crippen molar-refractivity contribution in [3.05, 3.63) is 179 Å². The summed E-state index contributed by atoms with van der Waals surface area (Å²) in [6, 6.07) is 36.6. The quantitative estimate of drug-likeness (QED) is 0.197. The minimum atomic E-state index is -0.145. The average molecular weight is 549 g/mol. The smallest absolute Gasteiger partial charge is 0.0858 e. The fourth-order valence-corrected chi connectivity index (χ4v) is 5.30. The molecule has 6 rings (SSSR count). The summed E-state index contributed by atoms with van der Waals surface area (Å²) in [5.74, 6) is -0.290. The van der Waals surface area contributed by atoms with Crippen molar-refractivity contribution in [2.75, 3.05) is 0 Å². The number of aromatic nitrogens is 6. The van der Waals surface area contributed by atoms with Gasteiger partial charge in [0.2, 0.25) is 0 Å². The maximum Gasteiger partial charge on any atom is 0.0858 e. The third-order valence-corrected chi connectivity index (χ3v) is 7.26. The molecule has 6 aromatic rings. The molecule has 6 nitrogen and oxygen atoms in total. The van der Waals surface area contributed by atoms with Crippen LogP contribution in [0.5, 0.6) is 0 Å². The van der Waals surface area contributed by atoms with Gasteiger partial charge >= 0.3 is 0 Å². The number of rotatable bonds is 9. The van der Waals surface area contributed by atoms with E-state index in [1.807, 2.05) is 86.9 Å². The Morgan fingerprint density at radius 2 is 0.786 bits per heavy atom. The van der Waals surface area contributed by atoms with E-state index in [2.05, 4.69) is 58.5 Å². The number of hydrogen-bond acceptors (Lipinski definition) is 6. The zero-order chi connectivity index (χ0) is 28.7. The summed E-state index contributed by atoms with van der Waals surface area (Å²) < 4.78 is 0. The number of pyridine rings is 6. The number of hydrogen-bond donors (Lipinski definition) is 0. The molecule has 0 aliphatic rings. The molecule has 2 atom stereocenters. The molecule has 0 amide bonds. The lowest BCUT2D eigenvalue weighted by molar-refractivity contribution is 0.789. The first-order valence-electron chi connectivity index (χ1n) is 14.2. The lowest BCUT2D eigenvalue weighted by atomic mass is 9.94. The Balaban J connectivity index is 1.28. The maximum atomic E-state index is 5.11. The number of nitrogens with zero attached hydrogens (tertiary/aromatic N) is 6. The Labute approximate surface area is 246 Å². The van der Waals surface area contributed by atoms with E-state index in [-0.39, 0.29) is 11.8 Å². The number of aryl methyl sites for hydroxylation is 4. The molecule has 6 heterocycles. The van der Waals surface area contributed by atoms with Crippen LogP contribution in [0, 0.1) is 13.8 Å². The van der Waals surface area contributed by atoms with Crippen LogP contribution >= 0.6 is 0 Å². The van der Waals surface area contributed by atoms with Gasteiger partial charge in [0.15, 0.2) is 0 Å². The summed E-state index contributed by atoms with van der Waals surface area (Å²) in [5.41, 5.74) is 9.58. The van der Waals surface area contributed by atoms with Gasteiger partial charge in [0.05, 0.1) is 46.0 Å². The van der Waals surface area contributed by atoms with E-state index in [4.69, 9.17) is 19.9 Å². The van der Waals surface area contributed by atoms with Crippen LogP contribution in [0.2, 0.25) is 0 Å². The van der Waals surface area contributed by atoms with Crippen molar-refractivity contribution in [2.45, 2.75) is 38.5 Å². The first-order chi connectivity index (χ1) is 20.6. The van der Waals surface area contributed by atoms with Crippen LogP contribution in [0.3, 0.4) is 0 Å². The third kappa shape index (κ3) is 6.28. The van der Waals surface area contributed by atoms with E-state index in [9.17, 15) is 0 Å². The van der Waals surface area contributed by atoms with Crippen LogP contribution in [0.1, 0.15) is 68.8 Å². The molecule has 0 saturated heterocycles. The summed E-state index contributed by atoms with van der Waals surface area (Å²) in [7, 11) is 0. The predicted octanol–water partition coefficient (Wildman–Crippen LogP) is 6.82. The van der Waals surface area contributed by atoms with Gasteiger partial charge in [-0.25, -0.2) is 0 Å². The molecule has 6 heteroatoms. The summed E-state index contributed by atoms with van der Waals surface area (Å²) >= 11 is 0. The molecule has 0 aromatic carbocycles. The van der Waals surface area contributed by atoms with Gasteiger partial charge in [-0.1, -0.05) is 36.4 Å². The van der Waals surface area contributed by atoms with Crippen LogP contribution in [0.25, 0.3) is 0 Å². The maximum absolute atomic E-state index is 5.11. The van der Waals surface area contributed by atoms with Crippen molar-refractivity contribution in [2.24, 2.45) is 0 Å². The van der Waals surface area contributed by atoms with Gasteiger partial charge in [-0.3, -0.25) is 29.9 Å². The second kappa shape index (κ2) is 12.6. The first-order valence-corrected chi connectivity index (χ1v) is 14.2. The van der Waals surface area contributed by atoms with Gasteiger partial charge in [-0.15, -0.1) is 0 Å². The minimum Gasteiger partial charge on any atom is -0.260 e. The Bertz CT molecular complexity index is 1640. The van der Waals surface area contributed by atoms with Gasteiger partial charge in [0.25, 0.3) is 0 Å². The fraction of sp³-hybridized carbons (Fsp3) is 0.167. The molecule has 0 aliphatic heterocycles. The molecule has 42 heavy (non-hydrogen) atoms. The SMILES string of the molecule is Cc1cccc([C@H](c2ccccn2)c2cccc(CCc3cccc([C@@H](c4ccccn4)c4cccc(C)n4)n3)n2)n1. The van der Waals surface area contributed by atoms with Crippen molar-refractivity contribution >= 4 is 0 Å². The molecule has 0 radical (unpaired) electrons. The van der Waals surface area contributed by atoms with E-state index in [0.29, 0.717) is 0 Å². The summed E-state index contributed by atoms with van der Waals surface area (Å²) in [4.78, 5) is 29.2. The zero-order valence-corrected chi connectivity index (χ0v) is 23.8. The van der Waals surface area contributed by atoms with Gasteiger partial charge in [0.1, 0.15) is 0 Å². The second-order valence-corrected chi connectivity index (χ2v) is 10.4. The highest BCUT2D eigenvalue weighted by molar-refractivity contribution is 5.36. The largest absolute Gasteiger partial charge is 0.260 e. The molecular formula is C36H32N6. The summed E-state index contributed by atoms with van der Waals surface area (Å²) in [6.07, 6.45) is 5.17. The first kappa shape index (κ1) is 27.1. The Morgan fingerprint density at radius 1 is 0.405 bits per heavy atom. The van der Waals surface area contributed by atoms with E-state index in [0.717, 1.165) is 69.8 Å². The Kier molecular flexibility index (Phi) is 8.13. The van der Waals surface area contributed by atoms with Crippen molar-refractivity contribution in [1.82, 2.24) is 29.9 Å². The lowest BCUT2D eigenvalue weighted by Gasteiger charge is -2.18. The molecule has 0 unspecified atom stereocenters. The van der Waals surface area contributed by atoms with Crippen molar-refractivity contribution < 1.29 is 0 Å². The highest BCUT2D eigenvalue weighted by Gasteiger charge is 2.23. The third-order valence-electron chi connectivity index (χ3n) is 7.26. The van der Waals surface area contributed by atoms with Crippen molar-refractivity contribution in [3.63, 3.8) is 0 Å². The van der Waals surface area contributed by atoms with Gasteiger partial charge in [-0.05, 0) is 99.5 Å². The zero-order valence-electron chi connectivity index (χ0n) is 23.8. The molecular weight excluding hydrogens is 516 g/mol. The molecule has 0 spiro atoms. The van der Waals surface area contributed by atoms with E-state index in [1.165, 1.54) is 0 Å². The molecule has 0 saturated carbocycles. The van der Waals surface area contributed by atoms with Crippen molar-refractivity contribution in [3.8, 4) is 0 Å². The van der Waals surface area contributed by atoms with E-state index >= 15 is 0 Å². The molecule has 0 bridgehead atoms. The van der Waals surface area contributed by atoms with Crippen LogP contribution in [0.15, 0.2) is 122 Å². The van der Waals surface area contributed by atoms with Crippen LogP contribution in [-0.4, -0.2) is 29.9 Å². The molecule has 0 N–H and O–H groups in total. The molecule has 6 aromatic heterocycles. The average Bonchev–Trinajstić information content (AvgIpc) is 3.02. The van der Waals surface area contributed by atoms with Crippen LogP contribution in [-0.2, 0) is 12.8 Å². The summed E-state index contributed by atoms with van der Waals surface area (Å²) in [5, 5.41) is 0. The highest BCUT2D eigenvalue weighted by Crippen LogP contribution is 2.30. The molecule has 0 aliphatic carbocycles. The standard InChI is InChI=1S/C36H32N6/c1-25-11-7-17-31(39-25)35(29-15-3-5-23-37-29)33-19-9-13-27(41-33)21-22-28-14-10-20-34(42-28)36(30-16-4-6-24-38-30)32-18-8-12-26(2)40-32/h3-20,23-24,35-36H,21-22H2,1-2H3/t35-,36-/m0/s1. The monoisotopic (exact) mass is 548 g/mol. The van der Waals surface area contributed by atoms with Gasteiger partial charge < -0.3 is 0 Å². The lowest BCUT2D eigenvalue weighted by Crippen LogP contribution is -2.12. The fourth-order valence-electron chi connectivity index (χ4n) is 5.30. The Morgan fingerprint density at radius 3 is 1.17 bits per heavy atom. The van der Waals surface area contributed by atoms with Crippen LogP contribution < -0.4 is 0 Å². The second-order valence-electron chi connectivity index (χ2n) is 10.4. The normalized spacial score (nSPS) is 12.5.